The quantitative estimate of drug-likeness (QED) is 0.513. The maximum absolute atomic E-state index is 4.93. The Bertz CT molecular complexity index is 1040. The Labute approximate surface area is 168 Å². The predicted octanol–water partition coefficient (Wildman–Crippen LogP) is 6.13. The van der Waals surface area contributed by atoms with Crippen molar-refractivity contribution in [2.45, 2.75) is 60.0 Å². The maximum Gasteiger partial charge on any atom is 0.153 e. The Balaban J connectivity index is 1.89. The second kappa shape index (κ2) is 7.46. The number of rotatable bonds is 4. The van der Waals surface area contributed by atoms with Crippen LogP contribution in [-0.2, 0) is 13.0 Å². The van der Waals surface area contributed by atoms with Gasteiger partial charge in [0.05, 0.1) is 11.6 Å². The Hall–Kier alpha value is -2.55. The molecule has 2 aromatic heterocycles. The van der Waals surface area contributed by atoms with Crippen LogP contribution in [0.4, 0.5) is 5.82 Å². The highest BCUT2D eigenvalue weighted by atomic mass is 15.2. The molecule has 0 fully saturated rings. The highest BCUT2D eigenvalue weighted by Crippen LogP contribution is 2.39. The van der Waals surface area contributed by atoms with Crippen molar-refractivity contribution in [2.75, 3.05) is 11.4 Å². The summed E-state index contributed by atoms with van der Waals surface area (Å²) in [5.74, 6) is 1.14. The van der Waals surface area contributed by atoms with Crippen molar-refractivity contribution in [1.29, 1.82) is 0 Å². The summed E-state index contributed by atoms with van der Waals surface area (Å²) < 4.78 is 2.45. The van der Waals surface area contributed by atoms with E-state index in [0.717, 1.165) is 31.7 Å². The molecule has 146 valence electrons. The minimum atomic E-state index is 0.385. The van der Waals surface area contributed by atoms with Crippen LogP contribution in [0, 0.1) is 13.8 Å². The van der Waals surface area contributed by atoms with Crippen molar-refractivity contribution in [3.63, 3.8) is 0 Å². The van der Waals surface area contributed by atoms with E-state index in [4.69, 9.17) is 4.98 Å². The summed E-state index contributed by atoms with van der Waals surface area (Å²) in [5.41, 5.74) is 8.30. The van der Waals surface area contributed by atoms with Gasteiger partial charge in [-0.15, -0.1) is 0 Å². The third-order valence-electron chi connectivity index (χ3n) is 6.28. The van der Waals surface area contributed by atoms with Gasteiger partial charge in [-0.1, -0.05) is 42.8 Å². The molecule has 1 atom stereocenters. The van der Waals surface area contributed by atoms with Crippen LogP contribution in [0.1, 0.15) is 55.6 Å². The molecule has 0 aliphatic carbocycles. The van der Waals surface area contributed by atoms with E-state index in [9.17, 15) is 0 Å². The second-order valence-electron chi connectivity index (χ2n) is 8.20. The first-order valence-corrected chi connectivity index (χ1v) is 10.4. The lowest BCUT2D eigenvalue weighted by atomic mass is 9.91. The van der Waals surface area contributed by atoms with E-state index in [-0.39, 0.29) is 0 Å². The molecule has 0 saturated heterocycles. The monoisotopic (exact) mass is 373 g/mol. The van der Waals surface area contributed by atoms with E-state index in [1.165, 1.54) is 38.9 Å². The zero-order chi connectivity index (χ0) is 19.8. The third kappa shape index (κ3) is 3.03. The van der Waals surface area contributed by atoms with Crippen LogP contribution in [0.15, 0.2) is 48.2 Å². The predicted molar refractivity (Wildman–Crippen MR) is 119 cm³/mol. The first-order chi connectivity index (χ1) is 13.5. The van der Waals surface area contributed by atoms with E-state index in [1.54, 1.807) is 0 Å². The summed E-state index contributed by atoms with van der Waals surface area (Å²) >= 11 is 0. The van der Waals surface area contributed by atoms with Crippen LogP contribution >= 0.6 is 0 Å². The number of nitrogens with zero attached hydrogens (tertiary/aromatic N) is 3. The Kier molecular flexibility index (Phi) is 5.01. The molecule has 3 aromatic rings. The zero-order valence-corrected chi connectivity index (χ0v) is 17.8. The summed E-state index contributed by atoms with van der Waals surface area (Å²) in [6.45, 7) is 13.0. The summed E-state index contributed by atoms with van der Waals surface area (Å²) in [6.07, 6.45) is 6.47. The molecule has 3 nitrogen and oxygen atoms in total. The molecule has 3 heterocycles. The molecule has 4 rings (SSSR count). The van der Waals surface area contributed by atoms with Crippen molar-refractivity contribution in [1.82, 2.24) is 9.55 Å². The van der Waals surface area contributed by atoms with E-state index in [2.05, 4.69) is 80.5 Å². The van der Waals surface area contributed by atoms with Crippen molar-refractivity contribution in [3.05, 3.63) is 70.6 Å². The van der Waals surface area contributed by atoms with Crippen molar-refractivity contribution in [3.8, 4) is 0 Å². The molecule has 3 heteroatoms. The molecule has 0 spiro atoms. The van der Waals surface area contributed by atoms with E-state index >= 15 is 0 Å². The molecular formula is C25H31N3. The fraction of sp³-hybridized carbons (Fsp3) is 0.400. The molecular weight excluding hydrogens is 342 g/mol. The number of aromatic nitrogens is 2. The zero-order valence-electron chi connectivity index (χ0n) is 17.8. The first-order valence-electron chi connectivity index (χ1n) is 10.4. The van der Waals surface area contributed by atoms with Gasteiger partial charge in [-0.3, -0.25) is 0 Å². The SMILES string of the molecule is CCC1c2ccccc2CCN1c1nccc2c(C)c(C)n(CC=C(C)C)c12. The molecule has 28 heavy (non-hydrogen) atoms. The molecule has 0 saturated carbocycles. The van der Waals surface area contributed by atoms with E-state index in [0.29, 0.717) is 6.04 Å². The minimum Gasteiger partial charge on any atom is -0.347 e. The lowest BCUT2D eigenvalue weighted by Gasteiger charge is -2.38. The van der Waals surface area contributed by atoms with Gasteiger partial charge < -0.3 is 9.47 Å². The van der Waals surface area contributed by atoms with Crippen LogP contribution in [0.25, 0.3) is 10.9 Å². The topological polar surface area (TPSA) is 21.1 Å². The Morgan fingerprint density at radius 1 is 1.18 bits per heavy atom. The number of anilines is 1. The summed E-state index contributed by atoms with van der Waals surface area (Å²) in [4.78, 5) is 7.47. The van der Waals surface area contributed by atoms with E-state index in [1.807, 2.05) is 6.20 Å². The van der Waals surface area contributed by atoms with Crippen LogP contribution < -0.4 is 4.90 Å². The molecule has 1 unspecified atom stereocenters. The Morgan fingerprint density at radius 2 is 1.96 bits per heavy atom. The van der Waals surface area contributed by atoms with Gasteiger partial charge in [0.25, 0.3) is 0 Å². The highest BCUT2D eigenvalue weighted by molar-refractivity contribution is 5.93. The summed E-state index contributed by atoms with van der Waals surface area (Å²) in [6, 6.07) is 11.5. The lowest BCUT2D eigenvalue weighted by Crippen LogP contribution is -2.36. The number of benzene rings is 1. The van der Waals surface area contributed by atoms with Crippen molar-refractivity contribution < 1.29 is 0 Å². The number of aryl methyl sites for hydroxylation is 1. The normalized spacial score (nSPS) is 16.3. The fourth-order valence-electron chi connectivity index (χ4n) is 4.63. The molecule has 0 radical (unpaired) electrons. The second-order valence-corrected chi connectivity index (χ2v) is 8.20. The standard InChI is InChI=1S/C25H31N3/c1-6-23-22-10-8-7-9-20(22)13-16-28(23)25-24-21(11-14-26-25)18(4)19(5)27(24)15-12-17(2)3/h7-12,14,23H,6,13,15-16H2,1-5H3. The van der Waals surface area contributed by atoms with Gasteiger partial charge >= 0.3 is 0 Å². The van der Waals surface area contributed by atoms with Gasteiger partial charge in [0.15, 0.2) is 5.82 Å². The number of hydrogen-bond donors (Lipinski definition) is 0. The average Bonchev–Trinajstić information content (AvgIpc) is 2.96. The molecule has 0 bridgehead atoms. The van der Waals surface area contributed by atoms with Crippen LogP contribution in [0.2, 0.25) is 0 Å². The maximum atomic E-state index is 4.93. The third-order valence-corrected chi connectivity index (χ3v) is 6.28. The Morgan fingerprint density at radius 3 is 2.71 bits per heavy atom. The van der Waals surface area contributed by atoms with E-state index < -0.39 is 0 Å². The van der Waals surface area contributed by atoms with Gasteiger partial charge in [0, 0.05) is 30.4 Å². The molecule has 1 aromatic carbocycles. The van der Waals surface area contributed by atoms with Crippen molar-refractivity contribution in [2.24, 2.45) is 0 Å². The summed E-state index contributed by atoms with van der Waals surface area (Å²) in [7, 11) is 0. The molecule has 0 N–H and O–H groups in total. The molecule has 0 amide bonds. The first kappa shape index (κ1) is 18.8. The van der Waals surface area contributed by atoms with Crippen LogP contribution in [0.3, 0.4) is 0 Å². The van der Waals surface area contributed by atoms with Gasteiger partial charge in [-0.05, 0) is 63.3 Å². The number of hydrogen-bond acceptors (Lipinski definition) is 2. The number of allylic oxidation sites excluding steroid dienone is 2. The minimum absolute atomic E-state index is 0.385. The van der Waals surface area contributed by atoms with Gasteiger partial charge in [-0.25, -0.2) is 4.98 Å². The van der Waals surface area contributed by atoms with Gasteiger partial charge in [0.2, 0.25) is 0 Å². The van der Waals surface area contributed by atoms with Crippen LogP contribution in [0.5, 0.6) is 0 Å². The van der Waals surface area contributed by atoms with Crippen LogP contribution in [-0.4, -0.2) is 16.1 Å². The molecule has 1 aliphatic rings. The fourth-order valence-corrected chi connectivity index (χ4v) is 4.63. The lowest BCUT2D eigenvalue weighted by molar-refractivity contribution is 0.562. The van der Waals surface area contributed by atoms with Crippen molar-refractivity contribution >= 4 is 16.7 Å². The van der Waals surface area contributed by atoms with Gasteiger partial charge in [-0.2, -0.15) is 0 Å². The van der Waals surface area contributed by atoms with Gasteiger partial charge in [0.1, 0.15) is 0 Å². The number of pyridine rings is 1. The number of fused-ring (bicyclic) bond motifs is 2. The smallest absolute Gasteiger partial charge is 0.153 e. The summed E-state index contributed by atoms with van der Waals surface area (Å²) in [5, 5.41) is 1.33. The molecule has 1 aliphatic heterocycles. The highest BCUT2D eigenvalue weighted by Gasteiger charge is 2.29. The average molecular weight is 374 g/mol. The largest absolute Gasteiger partial charge is 0.347 e.